The van der Waals surface area contributed by atoms with Crippen molar-refractivity contribution in [1.82, 2.24) is 25.4 Å². The maximum atomic E-state index is 5.54. The fourth-order valence-electron chi connectivity index (χ4n) is 2.95. The molecule has 0 bridgehead atoms. The molecule has 1 aromatic carbocycles. The molecule has 2 unspecified atom stereocenters. The van der Waals surface area contributed by atoms with Crippen molar-refractivity contribution in [3.05, 3.63) is 41.5 Å². The molecule has 0 saturated heterocycles. The van der Waals surface area contributed by atoms with Gasteiger partial charge in [0, 0.05) is 24.6 Å². The van der Waals surface area contributed by atoms with Gasteiger partial charge in [0.2, 0.25) is 0 Å². The van der Waals surface area contributed by atoms with Gasteiger partial charge < -0.3 is 19.9 Å². The van der Waals surface area contributed by atoms with Crippen LogP contribution in [-0.4, -0.2) is 40.4 Å². The molecule has 7 nitrogen and oxygen atoms in total. The van der Waals surface area contributed by atoms with Gasteiger partial charge in [-0.2, -0.15) is 0 Å². The van der Waals surface area contributed by atoms with Crippen LogP contribution in [0.3, 0.4) is 0 Å². The SMILES string of the molecule is CCc1nncn1CCN=C(NC(C)CC)NC(C)c1cc(C)ccc1OC.I. The average molecular weight is 514 g/mol. The summed E-state index contributed by atoms with van der Waals surface area (Å²) in [5, 5.41) is 15.1. The van der Waals surface area contributed by atoms with Gasteiger partial charge in [0.05, 0.1) is 19.7 Å². The van der Waals surface area contributed by atoms with Crippen LogP contribution in [0.25, 0.3) is 0 Å². The Labute approximate surface area is 191 Å². The molecule has 2 N–H and O–H groups in total. The highest BCUT2D eigenvalue weighted by Gasteiger charge is 2.14. The predicted molar refractivity (Wildman–Crippen MR) is 129 cm³/mol. The first-order chi connectivity index (χ1) is 13.5. The first kappa shape index (κ1) is 25.2. The second kappa shape index (κ2) is 12.7. The summed E-state index contributed by atoms with van der Waals surface area (Å²) < 4.78 is 7.60. The number of methoxy groups -OCH3 is 1. The molecule has 0 spiro atoms. The molecule has 29 heavy (non-hydrogen) atoms. The molecular weight excluding hydrogens is 479 g/mol. The zero-order chi connectivity index (χ0) is 20.5. The lowest BCUT2D eigenvalue weighted by atomic mass is 10.0. The largest absolute Gasteiger partial charge is 0.496 e. The van der Waals surface area contributed by atoms with E-state index < -0.39 is 0 Å². The van der Waals surface area contributed by atoms with Crippen LogP contribution >= 0.6 is 24.0 Å². The average Bonchev–Trinajstić information content (AvgIpc) is 3.15. The van der Waals surface area contributed by atoms with Gasteiger partial charge in [0.1, 0.15) is 17.9 Å². The van der Waals surface area contributed by atoms with Crippen molar-refractivity contribution in [1.29, 1.82) is 0 Å². The molecule has 1 heterocycles. The highest BCUT2D eigenvalue weighted by Crippen LogP contribution is 2.26. The van der Waals surface area contributed by atoms with Crippen LogP contribution in [-0.2, 0) is 13.0 Å². The molecule has 0 aliphatic carbocycles. The minimum absolute atomic E-state index is 0. The van der Waals surface area contributed by atoms with Crippen LogP contribution in [0.1, 0.15) is 57.1 Å². The van der Waals surface area contributed by atoms with Crippen LogP contribution in [0.2, 0.25) is 0 Å². The lowest BCUT2D eigenvalue weighted by Crippen LogP contribution is -2.43. The number of nitrogens with zero attached hydrogens (tertiary/aromatic N) is 4. The van der Waals surface area contributed by atoms with E-state index in [1.165, 1.54) is 5.56 Å². The van der Waals surface area contributed by atoms with E-state index in [0.717, 1.165) is 42.5 Å². The van der Waals surface area contributed by atoms with E-state index in [1.807, 2.05) is 6.07 Å². The molecule has 0 aliphatic rings. The first-order valence-electron chi connectivity index (χ1n) is 10.1. The fraction of sp³-hybridized carbons (Fsp3) is 0.571. The second-order valence-electron chi connectivity index (χ2n) is 7.09. The molecule has 0 amide bonds. The van der Waals surface area contributed by atoms with Crippen LogP contribution in [0.15, 0.2) is 29.5 Å². The zero-order valence-corrected chi connectivity index (χ0v) is 20.7. The number of nitrogens with one attached hydrogen (secondary N) is 2. The number of rotatable bonds is 9. The van der Waals surface area contributed by atoms with Crippen molar-refractivity contribution in [2.24, 2.45) is 4.99 Å². The summed E-state index contributed by atoms with van der Waals surface area (Å²) in [7, 11) is 1.71. The molecule has 2 atom stereocenters. The normalized spacial score (nSPS) is 13.4. The molecule has 0 saturated carbocycles. The Morgan fingerprint density at radius 3 is 2.66 bits per heavy atom. The van der Waals surface area contributed by atoms with Crippen molar-refractivity contribution in [3.8, 4) is 5.75 Å². The van der Waals surface area contributed by atoms with Gasteiger partial charge in [-0.15, -0.1) is 34.2 Å². The Kier molecular flexibility index (Phi) is 11.0. The van der Waals surface area contributed by atoms with E-state index in [9.17, 15) is 0 Å². The Morgan fingerprint density at radius 2 is 2.00 bits per heavy atom. The van der Waals surface area contributed by atoms with Crippen LogP contribution < -0.4 is 15.4 Å². The minimum Gasteiger partial charge on any atom is -0.496 e. The highest BCUT2D eigenvalue weighted by atomic mass is 127. The third-order valence-electron chi connectivity index (χ3n) is 4.82. The van der Waals surface area contributed by atoms with Crippen molar-refractivity contribution in [3.63, 3.8) is 0 Å². The van der Waals surface area contributed by atoms with E-state index in [4.69, 9.17) is 9.73 Å². The molecule has 8 heteroatoms. The number of guanidine groups is 1. The number of halogens is 1. The van der Waals surface area contributed by atoms with Crippen molar-refractivity contribution >= 4 is 29.9 Å². The summed E-state index contributed by atoms with van der Waals surface area (Å²) in [5.41, 5.74) is 2.32. The summed E-state index contributed by atoms with van der Waals surface area (Å²) in [6, 6.07) is 6.62. The van der Waals surface area contributed by atoms with Crippen molar-refractivity contribution < 1.29 is 4.74 Å². The predicted octanol–water partition coefficient (Wildman–Crippen LogP) is 3.87. The molecule has 2 aromatic rings. The van der Waals surface area contributed by atoms with E-state index >= 15 is 0 Å². The second-order valence-corrected chi connectivity index (χ2v) is 7.09. The lowest BCUT2D eigenvalue weighted by Gasteiger charge is -2.23. The van der Waals surface area contributed by atoms with Gasteiger partial charge in [-0.05, 0) is 33.3 Å². The Bertz CT molecular complexity index is 776. The van der Waals surface area contributed by atoms with Crippen LogP contribution in [0.5, 0.6) is 5.75 Å². The van der Waals surface area contributed by atoms with E-state index in [-0.39, 0.29) is 30.0 Å². The summed E-state index contributed by atoms with van der Waals surface area (Å²) >= 11 is 0. The van der Waals surface area contributed by atoms with Gasteiger partial charge in [-0.3, -0.25) is 4.99 Å². The number of hydrogen-bond acceptors (Lipinski definition) is 4. The smallest absolute Gasteiger partial charge is 0.192 e. The number of aliphatic imine (C=N–C) groups is 1. The maximum Gasteiger partial charge on any atom is 0.192 e. The number of benzene rings is 1. The number of hydrogen-bond donors (Lipinski definition) is 2. The standard InChI is InChI=1S/C21H34N6O.HI/c1-7-16(4)24-21(22-11-12-27-14-23-26-20(27)8-2)25-17(5)18-13-15(3)9-10-19(18)28-6;/h9-10,13-14,16-17H,7-8,11-12H2,1-6H3,(H2,22,24,25);1H. The van der Waals surface area contributed by atoms with Gasteiger partial charge in [0.15, 0.2) is 5.96 Å². The van der Waals surface area contributed by atoms with Crippen molar-refractivity contribution in [2.75, 3.05) is 13.7 Å². The minimum atomic E-state index is 0. The monoisotopic (exact) mass is 514 g/mol. The Balaban J connectivity index is 0.00000420. The van der Waals surface area contributed by atoms with Crippen LogP contribution in [0, 0.1) is 6.92 Å². The van der Waals surface area contributed by atoms with Crippen molar-refractivity contribution in [2.45, 2.75) is 66.1 Å². The van der Waals surface area contributed by atoms with Gasteiger partial charge in [-0.25, -0.2) is 0 Å². The topological polar surface area (TPSA) is 76.4 Å². The third-order valence-corrected chi connectivity index (χ3v) is 4.82. The Hall–Kier alpha value is -1.84. The summed E-state index contributed by atoms with van der Waals surface area (Å²) in [5.74, 6) is 2.67. The molecule has 0 radical (unpaired) electrons. The Morgan fingerprint density at radius 1 is 1.24 bits per heavy atom. The van der Waals surface area contributed by atoms with Gasteiger partial charge >= 0.3 is 0 Å². The van der Waals surface area contributed by atoms with Gasteiger partial charge in [-0.1, -0.05) is 31.5 Å². The van der Waals surface area contributed by atoms with Gasteiger partial charge in [0.25, 0.3) is 0 Å². The van der Waals surface area contributed by atoms with E-state index in [0.29, 0.717) is 12.6 Å². The number of aryl methyl sites for hydroxylation is 2. The van der Waals surface area contributed by atoms with E-state index in [1.54, 1.807) is 13.4 Å². The highest BCUT2D eigenvalue weighted by molar-refractivity contribution is 14.0. The summed E-state index contributed by atoms with van der Waals surface area (Å²) in [4.78, 5) is 4.78. The fourth-order valence-corrected chi connectivity index (χ4v) is 2.95. The summed E-state index contributed by atoms with van der Waals surface area (Å²) in [6.07, 6.45) is 3.65. The quantitative estimate of drug-likeness (QED) is 0.302. The molecule has 0 aliphatic heterocycles. The zero-order valence-electron chi connectivity index (χ0n) is 18.4. The summed E-state index contributed by atoms with van der Waals surface area (Å²) in [6.45, 7) is 12.0. The first-order valence-corrected chi connectivity index (χ1v) is 10.1. The molecular formula is C21H35IN6O. The molecule has 2 rings (SSSR count). The molecule has 0 fully saturated rings. The number of aromatic nitrogens is 3. The third kappa shape index (κ3) is 7.49. The van der Waals surface area contributed by atoms with Crippen LogP contribution in [0.4, 0.5) is 0 Å². The lowest BCUT2D eigenvalue weighted by molar-refractivity contribution is 0.405. The maximum absolute atomic E-state index is 5.54. The molecule has 162 valence electrons. The van der Waals surface area contributed by atoms with E-state index in [2.05, 4.69) is 72.1 Å². The molecule has 1 aromatic heterocycles. The number of ether oxygens (including phenoxy) is 1.